The van der Waals surface area contributed by atoms with Crippen molar-refractivity contribution in [2.24, 2.45) is 0 Å². The summed E-state index contributed by atoms with van der Waals surface area (Å²) in [5, 5.41) is 0.751. The lowest BCUT2D eigenvalue weighted by atomic mass is 10.3. The lowest BCUT2D eigenvalue weighted by Gasteiger charge is -2.18. The lowest BCUT2D eigenvalue weighted by Crippen LogP contribution is -2.11. The zero-order valence-electron chi connectivity index (χ0n) is 9.89. The normalized spacial score (nSPS) is 10.2. The number of halogens is 2. The van der Waals surface area contributed by atoms with Gasteiger partial charge in [-0.25, -0.2) is 9.97 Å². The topological polar surface area (TPSA) is 38.2 Å². The van der Waals surface area contributed by atoms with Gasteiger partial charge in [-0.3, -0.25) is 0 Å². The first-order chi connectivity index (χ1) is 8.61. The number of benzene rings is 1. The molecule has 6 heteroatoms. The third kappa shape index (κ3) is 2.66. The molecular formula is C12H11Cl2N3O. The van der Waals surface area contributed by atoms with Gasteiger partial charge in [-0.2, -0.15) is 0 Å². The monoisotopic (exact) mass is 283 g/mol. The van der Waals surface area contributed by atoms with Crippen molar-refractivity contribution in [1.82, 2.24) is 9.97 Å². The summed E-state index contributed by atoms with van der Waals surface area (Å²) in [6.07, 6.45) is 1.60. The molecule has 0 bridgehead atoms. The standard InChI is InChI=1S/C12H11Cl2N3O/c1-17(11-5-6-15-12(14)16-11)8-3-4-10(18-2)9(13)7-8/h3-7H,1-2H3. The van der Waals surface area contributed by atoms with E-state index in [2.05, 4.69) is 9.97 Å². The van der Waals surface area contributed by atoms with Crippen LogP contribution in [0.25, 0.3) is 0 Å². The average Bonchev–Trinajstić information content (AvgIpc) is 2.37. The molecule has 0 amide bonds. The fourth-order valence-electron chi connectivity index (χ4n) is 1.51. The van der Waals surface area contributed by atoms with Crippen molar-refractivity contribution in [3.05, 3.63) is 40.8 Å². The second-order valence-corrected chi connectivity index (χ2v) is 4.31. The highest BCUT2D eigenvalue weighted by Crippen LogP contribution is 2.31. The van der Waals surface area contributed by atoms with Gasteiger partial charge in [0.15, 0.2) is 0 Å². The fourth-order valence-corrected chi connectivity index (χ4v) is 1.90. The third-order valence-electron chi connectivity index (χ3n) is 2.48. The van der Waals surface area contributed by atoms with Crippen LogP contribution in [0.2, 0.25) is 10.3 Å². The molecule has 2 rings (SSSR count). The lowest BCUT2D eigenvalue weighted by molar-refractivity contribution is 0.415. The summed E-state index contributed by atoms with van der Waals surface area (Å²) < 4.78 is 5.11. The van der Waals surface area contributed by atoms with Crippen molar-refractivity contribution in [2.45, 2.75) is 0 Å². The van der Waals surface area contributed by atoms with Gasteiger partial charge in [0.25, 0.3) is 0 Å². The molecule has 0 aliphatic heterocycles. The van der Waals surface area contributed by atoms with Crippen LogP contribution in [0, 0.1) is 0 Å². The minimum absolute atomic E-state index is 0.207. The van der Waals surface area contributed by atoms with Gasteiger partial charge < -0.3 is 9.64 Å². The molecule has 0 saturated carbocycles. The van der Waals surface area contributed by atoms with Crippen LogP contribution >= 0.6 is 23.2 Å². The molecule has 0 aliphatic carbocycles. The van der Waals surface area contributed by atoms with E-state index < -0.39 is 0 Å². The van der Waals surface area contributed by atoms with Crippen LogP contribution in [-0.4, -0.2) is 24.1 Å². The van der Waals surface area contributed by atoms with E-state index in [0.29, 0.717) is 16.6 Å². The SMILES string of the molecule is COc1ccc(N(C)c2ccnc(Cl)n2)cc1Cl. The summed E-state index contributed by atoms with van der Waals surface area (Å²) in [5.74, 6) is 1.32. The van der Waals surface area contributed by atoms with E-state index >= 15 is 0 Å². The summed E-state index contributed by atoms with van der Waals surface area (Å²) in [7, 11) is 3.45. The highest BCUT2D eigenvalue weighted by molar-refractivity contribution is 6.32. The van der Waals surface area contributed by atoms with Gasteiger partial charge in [0.05, 0.1) is 12.1 Å². The van der Waals surface area contributed by atoms with Crippen LogP contribution in [0.4, 0.5) is 11.5 Å². The minimum Gasteiger partial charge on any atom is -0.495 e. The number of aromatic nitrogens is 2. The molecule has 1 heterocycles. The van der Waals surface area contributed by atoms with Crippen LogP contribution < -0.4 is 9.64 Å². The van der Waals surface area contributed by atoms with E-state index in [-0.39, 0.29) is 5.28 Å². The summed E-state index contributed by atoms with van der Waals surface area (Å²) >= 11 is 11.8. The zero-order valence-corrected chi connectivity index (χ0v) is 11.4. The van der Waals surface area contributed by atoms with Crippen molar-refractivity contribution in [3.8, 4) is 5.75 Å². The summed E-state index contributed by atoms with van der Waals surface area (Å²) in [6.45, 7) is 0. The van der Waals surface area contributed by atoms with Crippen molar-refractivity contribution >= 4 is 34.7 Å². The molecule has 18 heavy (non-hydrogen) atoms. The van der Waals surface area contributed by atoms with E-state index in [1.807, 2.05) is 18.0 Å². The molecule has 1 aromatic carbocycles. The molecular weight excluding hydrogens is 273 g/mol. The minimum atomic E-state index is 0.207. The van der Waals surface area contributed by atoms with E-state index in [9.17, 15) is 0 Å². The molecule has 0 spiro atoms. The Bertz CT molecular complexity index is 563. The first-order valence-electron chi connectivity index (χ1n) is 5.17. The largest absolute Gasteiger partial charge is 0.495 e. The molecule has 0 radical (unpaired) electrons. The second-order valence-electron chi connectivity index (χ2n) is 3.56. The van der Waals surface area contributed by atoms with Gasteiger partial charge in [0, 0.05) is 18.9 Å². The Kier molecular flexibility index (Phi) is 3.89. The Morgan fingerprint density at radius 3 is 2.61 bits per heavy atom. The van der Waals surface area contributed by atoms with E-state index in [1.54, 1.807) is 31.5 Å². The van der Waals surface area contributed by atoms with Crippen LogP contribution in [0.1, 0.15) is 0 Å². The van der Waals surface area contributed by atoms with Gasteiger partial charge in [-0.05, 0) is 35.9 Å². The van der Waals surface area contributed by atoms with Gasteiger partial charge >= 0.3 is 0 Å². The number of methoxy groups -OCH3 is 1. The molecule has 1 aromatic heterocycles. The summed E-state index contributed by atoms with van der Waals surface area (Å²) in [6, 6.07) is 7.26. The molecule has 0 N–H and O–H groups in total. The number of ether oxygens (including phenoxy) is 1. The Labute approximate surface area is 115 Å². The zero-order chi connectivity index (χ0) is 13.1. The third-order valence-corrected chi connectivity index (χ3v) is 2.96. The molecule has 0 fully saturated rings. The highest BCUT2D eigenvalue weighted by Gasteiger charge is 2.09. The summed E-state index contributed by atoms with van der Waals surface area (Å²) in [5.41, 5.74) is 0.885. The quantitative estimate of drug-likeness (QED) is 0.808. The van der Waals surface area contributed by atoms with Crippen molar-refractivity contribution in [1.29, 1.82) is 0 Å². The van der Waals surface area contributed by atoms with Gasteiger partial charge in [0.2, 0.25) is 5.28 Å². The maximum atomic E-state index is 6.08. The number of nitrogens with zero attached hydrogens (tertiary/aromatic N) is 3. The molecule has 0 aliphatic rings. The Hall–Kier alpha value is -1.52. The van der Waals surface area contributed by atoms with Crippen molar-refractivity contribution in [2.75, 3.05) is 19.1 Å². The Morgan fingerprint density at radius 1 is 1.22 bits per heavy atom. The Balaban J connectivity index is 2.34. The van der Waals surface area contributed by atoms with E-state index in [4.69, 9.17) is 27.9 Å². The van der Waals surface area contributed by atoms with Crippen LogP contribution in [0.5, 0.6) is 5.75 Å². The maximum absolute atomic E-state index is 6.08. The Morgan fingerprint density at radius 2 is 2.00 bits per heavy atom. The van der Waals surface area contributed by atoms with E-state index in [1.165, 1.54) is 0 Å². The molecule has 0 atom stereocenters. The van der Waals surface area contributed by atoms with Gasteiger partial charge in [0.1, 0.15) is 11.6 Å². The number of hydrogen-bond acceptors (Lipinski definition) is 4. The molecule has 0 unspecified atom stereocenters. The van der Waals surface area contributed by atoms with Crippen LogP contribution in [-0.2, 0) is 0 Å². The molecule has 94 valence electrons. The fraction of sp³-hybridized carbons (Fsp3) is 0.167. The second kappa shape index (κ2) is 5.42. The van der Waals surface area contributed by atoms with Crippen LogP contribution in [0.15, 0.2) is 30.5 Å². The predicted molar refractivity (Wildman–Crippen MR) is 73.1 cm³/mol. The molecule has 0 saturated heterocycles. The molecule has 4 nitrogen and oxygen atoms in total. The molecule has 2 aromatic rings. The number of rotatable bonds is 3. The number of anilines is 2. The highest BCUT2D eigenvalue weighted by atomic mass is 35.5. The smallest absolute Gasteiger partial charge is 0.224 e. The van der Waals surface area contributed by atoms with Gasteiger partial charge in [-0.1, -0.05) is 11.6 Å². The van der Waals surface area contributed by atoms with Crippen molar-refractivity contribution < 1.29 is 4.74 Å². The van der Waals surface area contributed by atoms with Crippen LogP contribution in [0.3, 0.4) is 0 Å². The maximum Gasteiger partial charge on any atom is 0.224 e. The average molecular weight is 284 g/mol. The number of hydrogen-bond donors (Lipinski definition) is 0. The first-order valence-corrected chi connectivity index (χ1v) is 5.93. The predicted octanol–water partition coefficient (Wildman–Crippen LogP) is 3.56. The van der Waals surface area contributed by atoms with Gasteiger partial charge in [-0.15, -0.1) is 0 Å². The first kappa shape index (κ1) is 12.9. The van der Waals surface area contributed by atoms with Crippen molar-refractivity contribution in [3.63, 3.8) is 0 Å². The summed E-state index contributed by atoms with van der Waals surface area (Å²) in [4.78, 5) is 9.83. The van der Waals surface area contributed by atoms with E-state index in [0.717, 1.165) is 5.69 Å².